The molecule has 0 fully saturated rings. The van der Waals surface area contributed by atoms with Crippen LogP contribution in [0.4, 0.5) is 4.79 Å². The summed E-state index contributed by atoms with van der Waals surface area (Å²) in [5.74, 6) is 0.479. The molecular weight excluding hydrogens is 360 g/mol. The number of hydrogen-bond acceptors (Lipinski definition) is 2. The fraction of sp³-hybridized carbons (Fsp3) is 0.500. The van der Waals surface area contributed by atoms with Crippen molar-refractivity contribution in [1.29, 1.82) is 0 Å². The average Bonchev–Trinajstić information content (AvgIpc) is 2.71. The Morgan fingerprint density at radius 3 is 2.14 bits per heavy atom. The molecule has 29 heavy (non-hydrogen) atoms. The van der Waals surface area contributed by atoms with Gasteiger partial charge >= 0.3 is 6.16 Å². The summed E-state index contributed by atoms with van der Waals surface area (Å²) in [7, 11) is 0. The van der Waals surface area contributed by atoms with E-state index >= 15 is 0 Å². The highest BCUT2D eigenvalue weighted by atomic mass is 16.7. The van der Waals surface area contributed by atoms with Gasteiger partial charge in [0.25, 0.3) is 0 Å². The molecule has 0 spiro atoms. The first-order chi connectivity index (χ1) is 14.2. The molecule has 0 radical (unpaired) electrons. The Labute approximate surface area is 176 Å². The van der Waals surface area contributed by atoms with Gasteiger partial charge in [-0.15, -0.1) is 0 Å². The van der Waals surface area contributed by atoms with Crippen molar-refractivity contribution in [3.8, 4) is 16.9 Å². The summed E-state index contributed by atoms with van der Waals surface area (Å²) in [6.07, 6.45) is 11.5. The lowest BCUT2D eigenvalue weighted by molar-refractivity contribution is 0.144. The van der Waals surface area contributed by atoms with Crippen molar-refractivity contribution in [2.75, 3.05) is 0 Å². The van der Waals surface area contributed by atoms with Crippen LogP contribution in [0.5, 0.6) is 5.75 Å². The quantitative estimate of drug-likeness (QED) is 0.212. The van der Waals surface area contributed by atoms with Crippen molar-refractivity contribution >= 4 is 6.16 Å². The van der Waals surface area contributed by atoms with Crippen LogP contribution in [0.3, 0.4) is 0 Å². The molecule has 3 nitrogen and oxygen atoms in total. The van der Waals surface area contributed by atoms with Crippen LogP contribution < -0.4 is 4.74 Å². The van der Waals surface area contributed by atoms with Crippen molar-refractivity contribution in [3.05, 3.63) is 53.6 Å². The first kappa shape index (κ1) is 23.0. The van der Waals surface area contributed by atoms with E-state index in [0.29, 0.717) is 5.75 Å². The van der Waals surface area contributed by atoms with Gasteiger partial charge in [-0.1, -0.05) is 95.2 Å². The van der Waals surface area contributed by atoms with Crippen molar-refractivity contribution in [2.45, 2.75) is 84.5 Å². The first-order valence-electron chi connectivity index (χ1n) is 11.3. The number of ether oxygens (including phenoxy) is 1. The predicted molar refractivity (Wildman–Crippen MR) is 121 cm³/mol. The summed E-state index contributed by atoms with van der Waals surface area (Å²) >= 11 is 0. The van der Waals surface area contributed by atoms with Gasteiger partial charge in [0.2, 0.25) is 0 Å². The van der Waals surface area contributed by atoms with Crippen LogP contribution in [-0.4, -0.2) is 11.3 Å². The third-order valence-corrected chi connectivity index (χ3v) is 5.47. The van der Waals surface area contributed by atoms with Crippen LogP contribution in [0.15, 0.2) is 42.5 Å². The monoisotopic (exact) mass is 396 g/mol. The first-order valence-corrected chi connectivity index (χ1v) is 11.3. The maximum atomic E-state index is 11.2. The normalized spacial score (nSPS) is 10.8. The van der Waals surface area contributed by atoms with E-state index in [0.717, 1.165) is 30.4 Å². The van der Waals surface area contributed by atoms with Crippen LogP contribution in [0.1, 0.15) is 82.8 Å². The van der Waals surface area contributed by atoms with E-state index < -0.39 is 6.16 Å². The minimum absolute atomic E-state index is 0.479. The van der Waals surface area contributed by atoms with Crippen LogP contribution in [0, 0.1) is 0 Å². The number of carbonyl (C=O) groups is 1. The smallest absolute Gasteiger partial charge is 0.449 e. The van der Waals surface area contributed by atoms with Gasteiger partial charge in [-0.05, 0) is 48.4 Å². The lowest BCUT2D eigenvalue weighted by Crippen LogP contribution is -2.07. The van der Waals surface area contributed by atoms with Crippen LogP contribution in [-0.2, 0) is 12.8 Å². The molecule has 0 atom stereocenters. The van der Waals surface area contributed by atoms with Gasteiger partial charge < -0.3 is 9.84 Å². The molecule has 0 saturated carbocycles. The van der Waals surface area contributed by atoms with Gasteiger partial charge in [0.05, 0.1) is 0 Å². The fourth-order valence-electron chi connectivity index (χ4n) is 3.91. The zero-order valence-electron chi connectivity index (χ0n) is 18.1. The summed E-state index contributed by atoms with van der Waals surface area (Å²) < 4.78 is 5.16. The zero-order chi connectivity index (χ0) is 20.9. The summed E-state index contributed by atoms with van der Waals surface area (Å²) in [6.45, 7) is 4.45. The maximum absolute atomic E-state index is 11.2. The van der Waals surface area contributed by atoms with Crippen LogP contribution in [0.25, 0.3) is 11.1 Å². The van der Waals surface area contributed by atoms with E-state index in [4.69, 9.17) is 4.74 Å². The number of benzene rings is 2. The summed E-state index contributed by atoms with van der Waals surface area (Å²) in [5.41, 5.74) is 4.68. The average molecular weight is 397 g/mol. The van der Waals surface area contributed by atoms with Gasteiger partial charge in [0.15, 0.2) is 0 Å². The predicted octanol–water partition coefficient (Wildman–Crippen LogP) is 8.05. The lowest BCUT2D eigenvalue weighted by Gasteiger charge is -2.17. The Kier molecular flexibility index (Phi) is 10.3. The molecule has 0 unspecified atom stereocenters. The largest absolute Gasteiger partial charge is 0.511 e. The molecule has 0 saturated heterocycles. The highest BCUT2D eigenvalue weighted by molar-refractivity contribution is 5.74. The van der Waals surface area contributed by atoms with E-state index in [1.807, 2.05) is 6.07 Å². The van der Waals surface area contributed by atoms with Crippen LogP contribution in [0.2, 0.25) is 0 Å². The number of rotatable bonds is 13. The minimum Gasteiger partial charge on any atom is -0.449 e. The molecule has 2 aromatic rings. The Bertz CT molecular complexity index is 751. The van der Waals surface area contributed by atoms with E-state index in [1.165, 1.54) is 62.5 Å². The van der Waals surface area contributed by atoms with E-state index in [-0.39, 0.29) is 0 Å². The van der Waals surface area contributed by atoms with Gasteiger partial charge in [-0.2, -0.15) is 0 Å². The van der Waals surface area contributed by atoms with E-state index in [9.17, 15) is 9.90 Å². The number of carboxylic acid groups (broad SMARTS) is 1. The highest BCUT2D eigenvalue weighted by Gasteiger charge is 2.15. The summed E-state index contributed by atoms with van der Waals surface area (Å²) in [6, 6.07) is 14.3. The number of hydrogen-bond donors (Lipinski definition) is 1. The Morgan fingerprint density at radius 2 is 1.38 bits per heavy atom. The molecular formula is C26H36O3. The molecule has 2 aromatic carbocycles. The fourth-order valence-corrected chi connectivity index (χ4v) is 3.91. The molecule has 0 aromatic heterocycles. The van der Waals surface area contributed by atoms with Gasteiger partial charge in [-0.25, -0.2) is 4.79 Å². The van der Waals surface area contributed by atoms with E-state index in [2.05, 4.69) is 44.2 Å². The maximum Gasteiger partial charge on any atom is 0.511 e. The molecule has 0 aliphatic rings. The second-order valence-corrected chi connectivity index (χ2v) is 7.78. The second kappa shape index (κ2) is 13.0. The summed E-state index contributed by atoms with van der Waals surface area (Å²) in [5, 5.41) is 9.20. The van der Waals surface area contributed by atoms with Gasteiger partial charge in [0.1, 0.15) is 5.75 Å². The molecule has 0 heterocycles. The Morgan fingerprint density at radius 1 is 0.759 bits per heavy atom. The van der Waals surface area contributed by atoms with Crippen molar-refractivity contribution in [1.82, 2.24) is 0 Å². The molecule has 0 aliphatic carbocycles. The SMILES string of the molecule is CCCCCCCCc1c(OC(=O)O)cccc1-c1ccccc1CCCCC. The topological polar surface area (TPSA) is 46.5 Å². The number of aryl methyl sites for hydroxylation is 1. The third kappa shape index (κ3) is 7.56. The number of unbranched alkanes of at least 4 members (excludes halogenated alkanes) is 7. The minimum atomic E-state index is -1.25. The molecule has 0 bridgehead atoms. The summed E-state index contributed by atoms with van der Waals surface area (Å²) in [4.78, 5) is 11.2. The zero-order valence-corrected chi connectivity index (χ0v) is 18.1. The van der Waals surface area contributed by atoms with Crippen molar-refractivity contribution in [2.24, 2.45) is 0 Å². The van der Waals surface area contributed by atoms with Crippen LogP contribution >= 0.6 is 0 Å². The van der Waals surface area contributed by atoms with Crippen molar-refractivity contribution < 1.29 is 14.6 Å². The second-order valence-electron chi connectivity index (χ2n) is 7.78. The molecule has 3 heteroatoms. The Hall–Kier alpha value is -2.29. The molecule has 2 rings (SSSR count). The molecule has 0 amide bonds. The standard InChI is InChI=1S/C26H36O3/c1-3-5-7-8-9-11-18-24-23(19-14-20-25(24)29-26(27)28)22-17-13-12-16-21(22)15-10-6-4-2/h12-14,16-17,19-20H,3-11,15,18H2,1-2H3,(H,27,28). The highest BCUT2D eigenvalue weighted by Crippen LogP contribution is 2.35. The van der Waals surface area contributed by atoms with Gasteiger partial charge in [0, 0.05) is 5.56 Å². The lowest BCUT2D eigenvalue weighted by atomic mass is 9.90. The third-order valence-electron chi connectivity index (χ3n) is 5.47. The molecule has 158 valence electrons. The van der Waals surface area contributed by atoms with E-state index in [1.54, 1.807) is 6.07 Å². The van der Waals surface area contributed by atoms with Crippen molar-refractivity contribution in [3.63, 3.8) is 0 Å². The molecule has 0 aliphatic heterocycles. The Balaban J connectivity index is 2.27. The van der Waals surface area contributed by atoms with Gasteiger partial charge in [-0.3, -0.25) is 0 Å². The molecule has 1 N–H and O–H groups in total.